The van der Waals surface area contributed by atoms with E-state index in [2.05, 4.69) is 15.3 Å². The molecule has 86 valence electrons. The third-order valence-electron chi connectivity index (χ3n) is 2.74. The van der Waals surface area contributed by atoms with Gasteiger partial charge in [0, 0.05) is 18.3 Å². The van der Waals surface area contributed by atoms with Gasteiger partial charge in [-0.25, -0.2) is 0 Å². The highest BCUT2D eigenvalue weighted by Crippen LogP contribution is 2.24. The van der Waals surface area contributed by atoms with Crippen LogP contribution in [-0.4, -0.2) is 21.5 Å². The summed E-state index contributed by atoms with van der Waals surface area (Å²) in [5.74, 6) is -0.0128. The molecule has 0 aliphatic heterocycles. The number of nitrogens with two attached hydrogens (primary N) is 2. The van der Waals surface area contributed by atoms with E-state index in [1.807, 2.05) is 18.7 Å². The standard InChI is InChI=1S/C10H16N6/c1-6-9-7(13-14-10(11)12)4-3-5-8(9)16(2)15-6/h3-5H2,1-2H3,(H4,11,12,14)/b13-7-. The first-order valence-electron chi connectivity index (χ1n) is 5.28. The largest absolute Gasteiger partial charge is 0.369 e. The van der Waals surface area contributed by atoms with E-state index in [9.17, 15) is 0 Å². The van der Waals surface area contributed by atoms with Crippen molar-refractivity contribution in [1.29, 1.82) is 0 Å². The van der Waals surface area contributed by atoms with E-state index in [0.717, 1.165) is 36.2 Å². The Balaban J connectivity index is 2.48. The SMILES string of the molecule is Cc1nn(C)c2c1/C(=N\N=C(N)N)CCC2. The van der Waals surface area contributed by atoms with Crippen LogP contribution in [-0.2, 0) is 13.5 Å². The second kappa shape index (κ2) is 3.96. The van der Waals surface area contributed by atoms with Gasteiger partial charge in [0.25, 0.3) is 0 Å². The van der Waals surface area contributed by atoms with Gasteiger partial charge < -0.3 is 11.5 Å². The molecular weight excluding hydrogens is 204 g/mol. The lowest BCUT2D eigenvalue weighted by Crippen LogP contribution is -2.22. The number of hydrogen-bond acceptors (Lipinski definition) is 3. The van der Waals surface area contributed by atoms with E-state index in [1.165, 1.54) is 5.69 Å². The topological polar surface area (TPSA) is 94.6 Å². The van der Waals surface area contributed by atoms with E-state index in [-0.39, 0.29) is 5.96 Å². The van der Waals surface area contributed by atoms with Gasteiger partial charge >= 0.3 is 0 Å². The monoisotopic (exact) mass is 220 g/mol. The van der Waals surface area contributed by atoms with Crippen LogP contribution in [0.3, 0.4) is 0 Å². The van der Waals surface area contributed by atoms with Gasteiger partial charge in [0.05, 0.1) is 11.4 Å². The first kappa shape index (κ1) is 10.7. The van der Waals surface area contributed by atoms with Gasteiger partial charge in [-0.3, -0.25) is 4.68 Å². The molecule has 0 saturated heterocycles. The third-order valence-corrected chi connectivity index (χ3v) is 2.74. The molecule has 1 heterocycles. The second-order valence-electron chi connectivity index (χ2n) is 3.96. The highest BCUT2D eigenvalue weighted by atomic mass is 15.3. The molecule has 6 heteroatoms. The number of rotatable bonds is 1. The maximum atomic E-state index is 5.27. The maximum absolute atomic E-state index is 5.27. The van der Waals surface area contributed by atoms with Crippen molar-refractivity contribution in [3.63, 3.8) is 0 Å². The molecule has 1 aromatic heterocycles. The summed E-state index contributed by atoms with van der Waals surface area (Å²) < 4.78 is 1.91. The van der Waals surface area contributed by atoms with Crippen LogP contribution >= 0.6 is 0 Å². The molecule has 4 N–H and O–H groups in total. The molecule has 0 aromatic carbocycles. The molecule has 1 aliphatic rings. The Morgan fingerprint density at radius 1 is 1.38 bits per heavy atom. The highest BCUT2D eigenvalue weighted by Gasteiger charge is 2.22. The Kier molecular flexibility index (Phi) is 2.64. The molecule has 2 rings (SSSR count). The molecule has 0 saturated carbocycles. The van der Waals surface area contributed by atoms with Gasteiger partial charge in [0.2, 0.25) is 5.96 Å². The first-order chi connectivity index (χ1) is 7.59. The quantitative estimate of drug-likeness (QED) is 0.397. The lowest BCUT2D eigenvalue weighted by Gasteiger charge is -2.13. The third kappa shape index (κ3) is 1.78. The fourth-order valence-corrected chi connectivity index (χ4v) is 2.13. The van der Waals surface area contributed by atoms with Gasteiger partial charge in [0.15, 0.2) is 0 Å². The molecule has 0 amide bonds. The van der Waals surface area contributed by atoms with Crippen molar-refractivity contribution in [2.45, 2.75) is 26.2 Å². The smallest absolute Gasteiger partial charge is 0.211 e. The number of aromatic nitrogens is 2. The molecule has 0 atom stereocenters. The molecule has 1 aromatic rings. The number of hydrogen-bond donors (Lipinski definition) is 2. The van der Waals surface area contributed by atoms with E-state index in [4.69, 9.17) is 11.5 Å². The average Bonchev–Trinajstić information content (AvgIpc) is 2.52. The zero-order valence-electron chi connectivity index (χ0n) is 9.56. The van der Waals surface area contributed by atoms with Crippen molar-refractivity contribution in [3.05, 3.63) is 17.0 Å². The molecule has 0 bridgehead atoms. The first-order valence-corrected chi connectivity index (χ1v) is 5.28. The summed E-state index contributed by atoms with van der Waals surface area (Å²) in [4.78, 5) is 0. The van der Waals surface area contributed by atoms with Crippen LogP contribution < -0.4 is 11.5 Å². The molecule has 16 heavy (non-hydrogen) atoms. The summed E-state index contributed by atoms with van der Waals surface area (Å²) in [5.41, 5.74) is 14.8. The number of aryl methyl sites for hydroxylation is 2. The molecule has 0 fully saturated rings. The van der Waals surface area contributed by atoms with Crippen molar-refractivity contribution >= 4 is 11.7 Å². The lowest BCUT2D eigenvalue weighted by atomic mass is 9.94. The zero-order chi connectivity index (χ0) is 11.7. The summed E-state index contributed by atoms with van der Waals surface area (Å²) in [6.45, 7) is 1.98. The molecule has 0 unspecified atom stereocenters. The van der Waals surface area contributed by atoms with Crippen LogP contribution in [0.2, 0.25) is 0 Å². The fourth-order valence-electron chi connectivity index (χ4n) is 2.13. The predicted molar refractivity (Wildman–Crippen MR) is 63.2 cm³/mol. The molecule has 0 radical (unpaired) electrons. The van der Waals surface area contributed by atoms with Crippen LogP contribution in [0.15, 0.2) is 10.2 Å². The van der Waals surface area contributed by atoms with Gasteiger partial charge in [-0.2, -0.15) is 10.2 Å². The van der Waals surface area contributed by atoms with Crippen LogP contribution in [0.4, 0.5) is 0 Å². The highest BCUT2D eigenvalue weighted by molar-refractivity contribution is 6.03. The van der Waals surface area contributed by atoms with E-state index < -0.39 is 0 Å². The number of guanidine groups is 1. The van der Waals surface area contributed by atoms with E-state index >= 15 is 0 Å². The average molecular weight is 220 g/mol. The molecule has 6 nitrogen and oxygen atoms in total. The van der Waals surface area contributed by atoms with Crippen molar-refractivity contribution in [2.75, 3.05) is 0 Å². The minimum absolute atomic E-state index is 0.0128. The summed E-state index contributed by atoms with van der Waals surface area (Å²) in [7, 11) is 1.95. The van der Waals surface area contributed by atoms with Crippen molar-refractivity contribution in [3.8, 4) is 0 Å². The molecular formula is C10H16N6. The maximum Gasteiger partial charge on any atom is 0.211 e. The number of fused-ring (bicyclic) bond motifs is 1. The summed E-state index contributed by atoms with van der Waals surface area (Å²) in [6.07, 6.45) is 2.99. The minimum atomic E-state index is -0.0128. The number of nitrogens with zero attached hydrogens (tertiary/aromatic N) is 4. The van der Waals surface area contributed by atoms with Crippen molar-refractivity contribution < 1.29 is 0 Å². The lowest BCUT2D eigenvalue weighted by molar-refractivity contribution is 0.678. The van der Waals surface area contributed by atoms with E-state index in [1.54, 1.807) is 0 Å². The summed E-state index contributed by atoms with van der Waals surface area (Å²) in [5, 5.41) is 12.2. The van der Waals surface area contributed by atoms with Crippen LogP contribution in [0, 0.1) is 6.92 Å². The van der Waals surface area contributed by atoms with Crippen LogP contribution in [0.25, 0.3) is 0 Å². The van der Waals surface area contributed by atoms with Crippen molar-refractivity contribution in [1.82, 2.24) is 9.78 Å². The van der Waals surface area contributed by atoms with Gasteiger partial charge in [-0.05, 0) is 26.2 Å². The van der Waals surface area contributed by atoms with Gasteiger partial charge in [0.1, 0.15) is 0 Å². The van der Waals surface area contributed by atoms with Gasteiger partial charge in [-0.15, -0.1) is 5.10 Å². The second-order valence-corrected chi connectivity index (χ2v) is 3.96. The Morgan fingerprint density at radius 2 is 2.12 bits per heavy atom. The fraction of sp³-hybridized carbons (Fsp3) is 0.500. The Hall–Kier alpha value is -1.85. The van der Waals surface area contributed by atoms with Crippen LogP contribution in [0.1, 0.15) is 29.8 Å². The summed E-state index contributed by atoms with van der Waals surface area (Å²) >= 11 is 0. The minimum Gasteiger partial charge on any atom is -0.369 e. The molecule has 1 aliphatic carbocycles. The van der Waals surface area contributed by atoms with Crippen molar-refractivity contribution in [2.24, 2.45) is 28.7 Å². The van der Waals surface area contributed by atoms with E-state index in [0.29, 0.717) is 0 Å². The Morgan fingerprint density at radius 3 is 2.81 bits per heavy atom. The Bertz CT molecular complexity index is 464. The Labute approximate surface area is 94.0 Å². The zero-order valence-corrected chi connectivity index (χ0v) is 9.56. The summed E-state index contributed by atoms with van der Waals surface area (Å²) in [6, 6.07) is 0. The van der Waals surface area contributed by atoms with Crippen LogP contribution in [0.5, 0.6) is 0 Å². The molecule has 0 spiro atoms. The normalized spacial score (nSPS) is 17.2. The predicted octanol–water partition coefficient (Wildman–Crippen LogP) is 0.0423. The van der Waals surface area contributed by atoms with Gasteiger partial charge in [-0.1, -0.05) is 0 Å².